The van der Waals surface area contributed by atoms with Crippen molar-refractivity contribution in [2.75, 3.05) is 13.2 Å². The van der Waals surface area contributed by atoms with Gasteiger partial charge in [-0.3, -0.25) is 0 Å². The maximum absolute atomic E-state index is 12.1. The maximum atomic E-state index is 12.1. The van der Waals surface area contributed by atoms with Crippen LogP contribution in [0.4, 0.5) is 8.78 Å². The lowest BCUT2D eigenvalue weighted by molar-refractivity contribution is -0.0499. The van der Waals surface area contributed by atoms with E-state index in [9.17, 15) is 13.6 Å². The van der Waals surface area contributed by atoms with Crippen LogP contribution in [0.2, 0.25) is 0 Å². The molecule has 0 unspecified atom stereocenters. The zero-order valence-corrected chi connectivity index (χ0v) is 11.6. The van der Waals surface area contributed by atoms with Crippen molar-refractivity contribution in [1.82, 2.24) is 0 Å². The molecule has 0 aromatic heterocycles. The van der Waals surface area contributed by atoms with Crippen molar-refractivity contribution >= 4 is 5.97 Å². The molecule has 0 bridgehead atoms. The summed E-state index contributed by atoms with van der Waals surface area (Å²) in [6, 6.07) is 14.5. The van der Waals surface area contributed by atoms with E-state index in [0.717, 1.165) is 0 Å². The van der Waals surface area contributed by atoms with Crippen molar-refractivity contribution in [3.63, 3.8) is 0 Å². The summed E-state index contributed by atoms with van der Waals surface area (Å²) >= 11 is 0. The van der Waals surface area contributed by atoms with Gasteiger partial charge in [-0.15, -0.1) is 0 Å². The van der Waals surface area contributed by atoms with Crippen molar-refractivity contribution in [1.29, 1.82) is 0 Å². The molecule has 0 N–H and O–H groups in total. The molecular weight excluding hydrogens is 294 g/mol. The van der Waals surface area contributed by atoms with E-state index < -0.39 is 12.6 Å². The van der Waals surface area contributed by atoms with Crippen LogP contribution >= 0.6 is 0 Å². The molecule has 6 heteroatoms. The third-order valence-electron chi connectivity index (χ3n) is 2.62. The molecule has 4 nitrogen and oxygen atoms in total. The number of hydrogen-bond acceptors (Lipinski definition) is 4. The number of rotatable bonds is 7. The van der Waals surface area contributed by atoms with Crippen LogP contribution in [0.3, 0.4) is 0 Å². The number of carbonyl (C=O) groups is 1. The number of hydrogen-bond donors (Lipinski definition) is 0. The Morgan fingerprint density at radius 2 is 1.68 bits per heavy atom. The summed E-state index contributed by atoms with van der Waals surface area (Å²) in [4.78, 5) is 11.8. The predicted octanol–water partition coefficient (Wildman–Crippen LogP) is 3.52. The molecule has 0 atom stereocenters. The van der Waals surface area contributed by atoms with Crippen LogP contribution in [0.5, 0.6) is 11.5 Å². The summed E-state index contributed by atoms with van der Waals surface area (Å²) in [5.41, 5.74) is 0.137. The molecule has 2 aromatic carbocycles. The highest BCUT2D eigenvalue weighted by Gasteiger charge is 2.10. The lowest BCUT2D eigenvalue weighted by Gasteiger charge is -2.08. The Morgan fingerprint density at radius 3 is 2.41 bits per heavy atom. The SMILES string of the molecule is O=C(OCCOc1ccccc1)c1cccc(OC(F)F)c1. The molecule has 0 saturated heterocycles. The summed E-state index contributed by atoms with van der Waals surface area (Å²) in [5, 5.41) is 0. The highest BCUT2D eigenvalue weighted by Crippen LogP contribution is 2.16. The van der Waals surface area contributed by atoms with Gasteiger partial charge in [0.15, 0.2) is 0 Å². The zero-order valence-electron chi connectivity index (χ0n) is 11.6. The Labute approximate surface area is 126 Å². The molecule has 0 spiro atoms. The number of ether oxygens (including phenoxy) is 3. The Balaban J connectivity index is 1.79. The molecule has 0 aliphatic heterocycles. The highest BCUT2D eigenvalue weighted by atomic mass is 19.3. The van der Waals surface area contributed by atoms with Gasteiger partial charge in [-0.1, -0.05) is 24.3 Å². The minimum absolute atomic E-state index is 0.0493. The second-order valence-electron chi connectivity index (χ2n) is 4.20. The Kier molecular flexibility index (Phi) is 5.71. The van der Waals surface area contributed by atoms with E-state index in [0.29, 0.717) is 5.75 Å². The Hall–Kier alpha value is -2.63. The first-order valence-electron chi connectivity index (χ1n) is 6.55. The monoisotopic (exact) mass is 308 g/mol. The van der Waals surface area contributed by atoms with E-state index in [2.05, 4.69) is 4.74 Å². The molecule has 0 fully saturated rings. The molecule has 0 amide bonds. The smallest absolute Gasteiger partial charge is 0.387 e. The van der Waals surface area contributed by atoms with Gasteiger partial charge in [0, 0.05) is 0 Å². The van der Waals surface area contributed by atoms with E-state index in [1.165, 1.54) is 24.3 Å². The van der Waals surface area contributed by atoms with Gasteiger partial charge in [0.05, 0.1) is 5.56 Å². The van der Waals surface area contributed by atoms with Gasteiger partial charge < -0.3 is 14.2 Å². The summed E-state index contributed by atoms with van der Waals surface area (Å²) in [5.74, 6) is -0.0488. The van der Waals surface area contributed by atoms with Gasteiger partial charge in [0.25, 0.3) is 0 Å². The standard InChI is InChI=1S/C16H14F2O4/c17-16(18)22-14-8-4-5-12(11-14)15(19)21-10-9-20-13-6-2-1-3-7-13/h1-8,11,16H,9-10H2. The van der Waals surface area contributed by atoms with Crippen molar-refractivity contribution in [3.05, 3.63) is 60.2 Å². The molecule has 2 rings (SSSR count). The molecule has 0 aliphatic rings. The summed E-state index contributed by atoms with van der Waals surface area (Å²) < 4.78 is 38.8. The second-order valence-corrected chi connectivity index (χ2v) is 4.20. The summed E-state index contributed by atoms with van der Waals surface area (Å²) in [7, 11) is 0. The fourth-order valence-electron chi connectivity index (χ4n) is 1.69. The fourth-order valence-corrected chi connectivity index (χ4v) is 1.69. The van der Waals surface area contributed by atoms with Crippen LogP contribution in [-0.2, 0) is 4.74 Å². The van der Waals surface area contributed by atoms with E-state index in [4.69, 9.17) is 9.47 Å². The molecule has 0 aliphatic carbocycles. The fraction of sp³-hybridized carbons (Fsp3) is 0.188. The van der Waals surface area contributed by atoms with Crippen LogP contribution in [0.1, 0.15) is 10.4 Å². The molecule has 0 saturated carbocycles. The van der Waals surface area contributed by atoms with E-state index in [1.807, 2.05) is 18.2 Å². The minimum atomic E-state index is -2.94. The van der Waals surface area contributed by atoms with E-state index >= 15 is 0 Å². The van der Waals surface area contributed by atoms with Gasteiger partial charge in [-0.05, 0) is 30.3 Å². The third kappa shape index (κ3) is 5.05. The summed E-state index contributed by atoms with van der Waals surface area (Å²) in [6.07, 6.45) is 0. The Morgan fingerprint density at radius 1 is 0.955 bits per heavy atom. The molecule has 0 radical (unpaired) electrons. The van der Waals surface area contributed by atoms with Crippen LogP contribution in [0.15, 0.2) is 54.6 Å². The van der Waals surface area contributed by atoms with Gasteiger partial charge in [0.1, 0.15) is 24.7 Å². The molecule has 0 heterocycles. The van der Waals surface area contributed by atoms with E-state index in [1.54, 1.807) is 12.1 Å². The lowest BCUT2D eigenvalue weighted by atomic mass is 10.2. The first-order valence-corrected chi connectivity index (χ1v) is 6.55. The topological polar surface area (TPSA) is 44.8 Å². The quantitative estimate of drug-likeness (QED) is 0.580. The zero-order chi connectivity index (χ0) is 15.8. The average molecular weight is 308 g/mol. The molecular formula is C16H14F2O4. The number of carbonyl (C=O) groups excluding carboxylic acids is 1. The van der Waals surface area contributed by atoms with Crippen LogP contribution < -0.4 is 9.47 Å². The molecule has 22 heavy (non-hydrogen) atoms. The first-order chi connectivity index (χ1) is 10.6. The van der Waals surface area contributed by atoms with Gasteiger partial charge >= 0.3 is 12.6 Å². The number of benzene rings is 2. The van der Waals surface area contributed by atoms with Crippen LogP contribution in [0.25, 0.3) is 0 Å². The first kappa shape index (κ1) is 15.8. The maximum Gasteiger partial charge on any atom is 0.387 e. The molecule has 2 aromatic rings. The van der Waals surface area contributed by atoms with Crippen LogP contribution in [0, 0.1) is 0 Å². The number of para-hydroxylation sites is 1. The van der Waals surface area contributed by atoms with Crippen molar-refractivity contribution in [3.8, 4) is 11.5 Å². The van der Waals surface area contributed by atoms with Crippen molar-refractivity contribution < 1.29 is 27.8 Å². The van der Waals surface area contributed by atoms with Crippen LogP contribution in [-0.4, -0.2) is 25.8 Å². The third-order valence-corrected chi connectivity index (χ3v) is 2.62. The largest absolute Gasteiger partial charge is 0.490 e. The summed E-state index contributed by atoms with van der Waals surface area (Å²) in [6.45, 7) is -2.69. The van der Waals surface area contributed by atoms with Crippen molar-refractivity contribution in [2.45, 2.75) is 6.61 Å². The molecule has 116 valence electrons. The highest BCUT2D eigenvalue weighted by molar-refractivity contribution is 5.89. The number of halogens is 2. The van der Waals surface area contributed by atoms with Gasteiger partial charge in [-0.25, -0.2) is 4.79 Å². The van der Waals surface area contributed by atoms with Gasteiger partial charge in [0.2, 0.25) is 0 Å². The Bertz CT molecular complexity index is 602. The normalized spacial score (nSPS) is 10.3. The van der Waals surface area contributed by atoms with E-state index in [-0.39, 0.29) is 24.5 Å². The van der Waals surface area contributed by atoms with Gasteiger partial charge in [-0.2, -0.15) is 8.78 Å². The minimum Gasteiger partial charge on any atom is -0.490 e. The predicted molar refractivity (Wildman–Crippen MR) is 75.3 cm³/mol. The number of esters is 1. The second kappa shape index (κ2) is 7.97. The average Bonchev–Trinajstić information content (AvgIpc) is 2.52. The van der Waals surface area contributed by atoms with Crippen molar-refractivity contribution in [2.24, 2.45) is 0 Å². The number of alkyl halides is 2. The lowest BCUT2D eigenvalue weighted by Crippen LogP contribution is -2.12.